The highest BCUT2D eigenvalue weighted by Gasteiger charge is 2.05. The average molecular weight is 210 g/mol. The fourth-order valence-corrected chi connectivity index (χ4v) is 1.73. The highest BCUT2D eigenvalue weighted by molar-refractivity contribution is 4.74. The van der Waals surface area contributed by atoms with Gasteiger partial charge in [-0.3, -0.25) is 0 Å². The number of ether oxygens (including phenoxy) is 1. The zero-order valence-corrected chi connectivity index (χ0v) is 9.85. The van der Waals surface area contributed by atoms with E-state index < -0.39 is 0 Å². The van der Waals surface area contributed by atoms with Crippen LogP contribution in [0.4, 0.5) is 0 Å². The molecule has 0 saturated carbocycles. The predicted molar refractivity (Wildman–Crippen MR) is 61.8 cm³/mol. The summed E-state index contributed by atoms with van der Waals surface area (Å²) in [4.78, 5) is 4.02. The molecule has 0 fully saturated rings. The van der Waals surface area contributed by atoms with Crippen molar-refractivity contribution in [2.24, 2.45) is 0 Å². The lowest BCUT2D eigenvalue weighted by molar-refractivity contribution is 0.0832. The van der Waals surface area contributed by atoms with E-state index in [9.17, 15) is 0 Å². The van der Waals surface area contributed by atoms with Gasteiger partial charge in [0.05, 0.1) is 12.4 Å². The summed E-state index contributed by atoms with van der Waals surface area (Å²) in [5.74, 6) is 0. The normalized spacial score (nSPS) is 12.9. The Morgan fingerprint density at radius 2 is 2.13 bits per heavy atom. The van der Waals surface area contributed by atoms with E-state index in [-0.39, 0.29) is 0 Å². The fourth-order valence-electron chi connectivity index (χ4n) is 1.73. The number of unbranched alkanes of at least 4 members (excludes halogenated alkanes) is 1. The molecule has 0 bridgehead atoms. The van der Waals surface area contributed by atoms with Crippen molar-refractivity contribution in [1.82, 2.24) is 9.55 Å². The van der Waals surface area contributed by atoms with Gasteiger partial charge in [-0.2, -0.15) is 0 Å². The topological polar surface area (TPSA) is 27.1 Å². The van der Waals surface area contributed by atoms with E-state index in [1.807, 2.05) is 25.8 Å². The summed E-state index contributed by atoms with van der Waals surface area (Å²) in [5, 5.41) is 0. The molecule has 1 rings (SSSR count). The molecule has 0 N–H and O–H groups in total. The number of methoxy groups -OCH3 is 1. The van der Waals surface area contributed by atoms with Gasteiger partial charge in [0, 0.05) is 26.0 Å². The summed E-state index contributed by atoms with van der Waals surface area (Å²) < 4.78 is 7.56. The number of hydrogen-bond acceptors (Lipinski definition) is 2. The van der Waals surface area contributed by atoms with E-state index in [0.29, 0.717) is 6.10 Å². The Morgan fingerprint density at radius 3 is 2.73 bits per heavy atom. The van der Waals surface area contributed by atoms with Gasteiger partial charge in [0.2, 0.25) is 0 Å². The second-order valence-electron chi connectivity index (χ2n) is 3.94. The van der Waals surface area contributed by atoms with Gasteiger partial charge in [0.25, 0.3) is 0 Å². The van der Waals surface area contributed by atoms with Crippen molar-refractivity contribution < 1.29 is 4.74 Å². The van der Waals surface area contributed by atoms with Gasteiger partial charge >= 0.3 is 0 Å². The second kappa shape index (κ2) is 7.46. The predicted octanol–water partition coefficient (Wildman–Crippen LogP) is 2.87. The molecule has 0 aliphatic heterocycles. The highest BCUT2D eigenvalue weighted by atomic mass is 16.5. The molecule has 0 spiro atoms. The van der Waals surface area contributed by atoms with Crippen molar-refractivity contribution >= 4 is 0 Å². The number of hydrogen-bond donors (Lipinski definition) is 0. The van der Waals surface area contributed by atoms with Crippen molar-refractivity contribution in [2.75, 3.05) is 7.11 Å². The van der Waals surface area contributed by atoms with Crippen LogP contribution in [0, 0.1) is 0 Å². The first-order valence-electron chi connectivity index (χ1n) is 5.85. The largest absolute Gasteiger partial charge is 0.381 e. The SMILES string of the molecule is CCCC[C@H](CCCn1ccnc1)OC. The number of nitrogens with zero attached hydrogens (tertiary/aromatic N) is 2. The Hall–Kier alpha value is -0.830. The molecule has 86 valence electrons. The monoisotopic (exact) mass is 210 g/mol. The lowest BCUT2D eigenvalue weighted by atomic mass is 10.1. The quantitative estimate of drug-likeness (QED) is 0.659. The summed E-state index contributed by atoms with van der Waals surface area (Å²) in [5.41, 5.74) is 0. The van der Waals surface area contributed by atoms with Gasteiger partial charge in [0.1, 0.15) is 0 Å². The summed E-state index contributed by atoms with van der Waals surface area (Å²) >= 11 is 0. The Bertz CT molecular complexity index is 234. The molecular formula is C12H22N2O. The van der Waals surface area contributed by atoms with Gasteiger partial charge in [0.15, 0.2) is 0 Å². The molecule has 1 atom stereocenters. The van der Waals surface area contributed by atoms with E-state index in [1.165, 1.54) is 25.7 Å². The van der Waals surface area contributed by atoms with Crippen LogP contribution >= 0.6 is 0 Å². The van der Waals surface area contributed by atoms with Crippen LogP contribution < -0.4 is 0 Å². The van der Waals surface area contributed by atoms with Crippen molar-refractivity contribution in [3.63, 3.8) is 0 Å². The molecule has 15 heavy (non-hydrogen) atoms. The van der Waals surface area contributed by atoms with Crippen molar-refractivity contribution in [1.29, 1.82) is 0 Å². The third-order valence-electron chi connectivity index (χ3n) is 2.71. The molecule has 3 nitrogen and oxygen atoms in total. The summed E-state index contributed by atoms with van der Waals surface area (Å²) in [7, 11) is 1.82. The van der Waals surface area contributed by atoms with Gasteiger partial charge in [-0.25, -0.2) is 4.98 Å². The molecule has 0 unspecified atom stereocenters. The molecule has 1 aromatic heterocycles. The maximum atomic E-state index is 5.45. The van der Waals surface area contributed by atoms with Crippen LogP contribution in [-0.4, -0.2) is 22.8 Å². The van der Waals surface area contributed by atoms with Crippen molar-refractivity contribution in [2.45, 2.75) is 51.7 Å². The zero-order valence-electron chi connectivity index (χ0n) is 9.85. The average Bonchev–Trinajstić information content (AvgIpc) is 2.76. The van der Waals surface area contributed by atoms with Crippen LogP contribution in [-0.2, 0) is 11.3 Å². The standard InChI is InChI=1S/C12H22N2O/c1-3-4-6-12(15-2)7-5-9-14-10-8-13-11-14/h8,10-12H,3-7,9H2,1-2H3/t12-/m1/s1. The molecule has 0 aliphatic rings. The highest BCUT2D eigenvalue weighted by Crippen LogP contribution is 2.10. The summed E-state index contributed by atoms with van der Waals surface area (Å²) in [6.45, 7) is 3.27. The lowest BCUT2D eigenvalue weighted by Crippen LogP contribution is -2.11. The molecule has 0 radical (unpaired) electrons. The van der Waals surface area contributed by atoms with Crippen LogP contribution in [0.15, 0.2) is 18.7 Å². The number of aromatic nitrogens is 2. The fraction of sp³-hybridized carbons (Fsp3) is 0.750. The number of imidazole rings is 1. The minimum atomic E-state index is 0.438. The van der Waals surface area contributed by atoms with Crippen molar-refractivity contribution in [3.05, 3.63) is 18.7 Å². The second-order valence-corrected chi connectivity index (χ2v) is 3.94. The molecule has 0 amide bonds. The van der Waals surface area contributed by atoms with Gasteiger partial charge < -0.3 is 9.30 Å². The Kier molecular flexibility index (Phi) is 6.09. The smallest absolute Gasteiger partial charge is 0.0945 e. The number of rotatable bonds is 8. The molecule has 3 heteroatoms. The van der Waals surface area contributed by atoms with Gasteiger partial charge in [-0.15, -0.1) is 0 Å². The Balaban J connectivity index is 2.11. The van der Waals surface area contributed by atoms with E-state index >= 15 is 0 Å². The molecule has 0 saturated heterocycles. The molecule has 1 heterocycles. The third-order valence-corrected chi connectivity index (χ3v) is 2.71. The van der Waals surface area contributed by atoms with Crippen LogP contribution in [0.1, 0.15) is 39.0 Å². The van der Waals surface area contributed by atoms with E-state index in [0.717, 1.165) is 13.0 Å². The number of aryl methyl sites for hydroxylation is 1. The first-order chi connectivity index (χ1) is 7.36. The van der Waals surface area contributed by atoms with Crippen LogP contribution in [0.5, 0.6) is 0 Å². The lowest BCUT2D eigenvalue weighted by Gasteiger charge is -2.14. The van der Waals surface area contributed by atoms with E-state index in [1.54, 1.807) is 0 Å². The van der Waals surface area contributed by atoms with E-state index in [2.05, 4.69) is 16.5 Å². The molecule has 0 aliphatic carbocycles. The Morgan fingerprint density at radius 1 is 1.33 bits per heavy atom. The molecule has 0 aromatic carbocycles. The minimum absolute atomic E-state index is 0.438. The summed E-state index contributed by atoms with van der Waals surface area (Å²) in [6.07, 6.45) is 12.2. The molecular weight excluding hydrogens is 188 g/mol. The van der Waals surface area contributed by atoms with Gasteiger partial charge in [-0.1, -0.05) is 19.8 Å². The molecule has 1 aromatic rings. The van der Waals surface area contributed by atoms with Crippen molar-refractivity contribution in [3.8, 4) is 0 Å². The first-order valence-corrected chi connectivity index (χ1v) is 5.85. The maximum Gasteiger partial charge on any atom is 0.0945 e. The minimum Gasteiger partial charge on any atom is -0.381 e. The van der Waals surface area contributed by atoms with Gasteiger partial charge in [-0.05, 0) is 19.3 Å². The first kappa shape index (κ1) is 12.2. The maximum absolute atomic E-state index is 5.45. The van der Waals surface area contributed by atoms with Crippen LogP contribution in [0.25, 0.3) is 0 Å². The summed E-state index contributed by atoms with van der Waals surface area (Å²) in [6, 6.07) is 0. The third kappa shape index (κ3) is 4.98. The van der Waals surface area contributed by atoms with E-state index in [4.69, 9.17) is 4.74 Å². The zero-order chi connectivity index (χ0) is 10.9. The van der Waals surface area contributed by atoms with Crippen LogP contribution in [0.3, 0.4) is 0 Å². The van der Waals surface area contributed by atoms with Crippen LogP contribution in [0.2, 0.25) is 0 Å². The Labute approximate surface area is 92.5 Å².